The normalized spacial score (nSPS) is 25.7. The topological polar surface area (TPSA) is 56.3 Å². The van der Waals surface area contributed by atoms with Crippen LogP contribution in [-0.2, 0) is 6.54 Å². The Hall–Kier alpha value is -1.36. The van der Waals surface area contributed by atoms with Crippen LogP contribution in [0.5, 0.6) is 11.8 Å². The molecule has 0 amide bonds. The van der Waals surface area contributed by atoms with Crippen molar-refractivity contribution in [3.63, 3.8) is 0 Å². The van der Waals surface area contributed by atoms with Gasteiger partial charge >= 0.3 is 0 Å². The predicted molar refractivity (Wildman–Crippen MR) is 77.9 cm³/mol. The molecule has 1 aliphatic carbocycles. The van der Waals surface area contributed by atoms with Crippen LogP contribution in [0.4, 0.5) is 0 Å². The zero-order chi connectivity index (χ0) is 14.5. The number of nitrogens with one attached hydrogen (secondary N) is 1. The van der Waals surface area contributed by atoms with E-state index in [9.17, 15) is 0 Å². The van der Waals surface area contributed by atoms with Crippen LogP contribution in [0.2, 0.25) is 0 Å². The molecule has 1 aliphatic rings. The fourth-order valence-electron chi connectivity index (χ4n) is 3.23. The molecule has 5 nitrogen and oxygen atoms in total. The van der Waals surface area contributed by atoms with Crippen LogP contribution >= 0.6 is 0 Å². The SMILES string of the molecule is CCC1CCC(NCc2c(OC)ncnc2OC)C1C. The maximum Gasteiger partial charge on any atom is 0.224 e. The lowest BCUT2D eigenvalue weighted by atomic mass is 9.93. The highest BCUT2D eigenvalue weighted by Crippen LogP contribution is 2.34. The minimum Gasteiger partial charge on any atom is -0.481 e. The molecule has 0 saturated heterocycles. The third-order valence-electron chi connectivity index (χ3n) is 4.55. The number of hydrogen-bond donors (Lipinski definition) is 1. The second-order valence-corrected chi connectivity index (χ2v) is 5.46. The molecule has 0 radical (unpaired) electrons. The first-order chi connectivity index (χ1) is 9.71. The maximum absolute atomic E-state index is 5.30. The summed E-state index contributed by atoms with van der Waals surface area (Å²) in [6.07, 6.45) is 5.28. The fourth-order valence-corrected chi connectivity index (χ4v) is 3.23. The van der Waals surface area contributed by atoms with Gasteiger partial charge in [0, 0.05) is 12.6 Å². The molecular weight excluding hydrogens is 254 g/mol. The molecule has 0 aliphatic heterocycles. The van der Waals surface area contributed by atoms with Crippen LogP contribution in [0.25, 0.3) is 0 Å². The van der Waals surface area contributed by atoms with Crippen molar-refractivity contribution in [2.24, 2.45) is 11.8 Å². The summed E-state index contributed by atoms with van der Waals surface area (Å²) in [5.74, 6) is 2.72. The number of nitrogens with zero attached hydrogens (tertiary/aromatic N) is 2. The second kappa shape index (κ2) is 6.88. The minimum absolute atomic E-state index is 0.551. The predicted octanol–water partition coefficient (Wildman–Crippen LogP) is 2.41. The lowest BCUT2D eigenvalue weighted by Crippen LogP contribution is -2.32. The number of rotatable bonds is 6. The molecule has 2 rings (SSSR count). The highest BCUT2D eigenvalue weighted by Gasteiger charge is 2.31. The van der Waals surface area contributed by atoms with Gasteiger partial charge < -0.3 is 14.8 Å². The molecule has 1 N–H and O–H groups in total. The first-order valence-corrected chi connectivity index (χ1v) is 7.36. The summed E-state index contributed by atoms with van der Waals surface area (Å²) >= 11 is 0. The van der Waals surface area contributed by atoms with E-state index in [2.05, 4.69) is 29.1 Å². The molecule has 0 spiro atoms. The molecule has 20 heavy (non-hydrogen) atoms. The molecule has 112 valence electrons. The van der Waals surface area contributed by atoms with Crippen molar-refractivity contribution >= 4 is 0 Å². The average Bonchev–Trinajstić information content (AvgIpc) is 2.84. The van der Waals surface area contributed by atoms with Gasteiger partial charge in [-0.3, -0.25) is 0 Å². The lowest BCUT2D eigenvalue weighted by molar-refractivity contribution is 0.331. The summed E-state index contributed by atoms with van der Waals surface area (Å²) in [5, 5.41) is 3.62. The van der Waals surface area contributed by atoms with Crippen molar-refractivity contribution in [2.75, 3.05) is 14.2 Å². The van der Waals surface area contributed by atoms with Gasteiger partial charge in [0.25, 0.3) is 0 Å². The molecule has 1 aromatic heterocycles. The quantitative estimate of drug-likeness (QED) is 0.866. The Balaban J connectivity index is 2.04. The van der Waals surface area contributed by atoms with Crippen molar-refractivity contribution in [1.29, 1.82) is 0 Å². The number of methoxy groups -OCH3 is 2. The van der Waals surface area contributed by atoms with Gasteiger partial charge in [0.1, 0.15) is 6.33 Å². The Morgan fingerprint density at radius 3 is 2.35 bits per heavy atom. The summed E-state index contributed by atoms with van der Waals surface area (Å²) in [4.78, 5) is 8.30. The van der Waals surface area contributed by atoms with Gasteiger partial charge in [-0.15, -0.1) is 0 Å². The van der Waals surface area contributed by atoms with Crippen LogP contribution in [-0.4, -0.2) is 30.2 Å². The number of aromatic nitrogens is 2. The molecule has 3 atom stereocenters. The Bertz CT molecular complexity index is 417. The van der Waals surface area contributed by atoms with Crippen LogP contribution in [0.15, 0.2) is 6.33 Å². The number of ether oxygens (including phenoxy) is 2. The minimum atomic E-state index is 0.551. The van der Waals surface area contributed by atoms with Gasteiger partial charge in [0.05, 0.1) is 19.8 Å². The standard InChI is InChI=1S/C15H25N3O2/c1-5-11-6-7-13(10(11)2)16-8-12-14(19-3)17-9-18-15(12)20-4/h9-11,13,16H,5-8H2,1-4H3. The zero-order valence-corrected chi connectivity index (χ0v) is 12.8. The highest BCUT2D eigenvalue weighted by molar-refractivity contribution is 5.34. The third-order valence-corrected chi connectivity index (χ3v) is 4.55. The molecule has 1 aromatic rings. The fraction of sp³-hybridized carbons (Fsp3) is 0.733. The van der Waals surface area contributed by atoms with E-state index in [0.29, 0.717) is 30.3 Å². The third kappa shape index (κ3) is 3.03. The van der Waals surface area contributed by atoms with Gasteiger partial charge in [-0.05, 0) is 24.7 Å². The zero-order valence-electron chi connectivity index (χ0n) is 12.8. The summed E-state index contributed by atoms with van der Waals surface area (Å²) in [6, 6.07) is 0.551. The van der Waals surface area contributed by atoms with Crippen molar-refractivity contribution in [3.05, 3.63) is 11.9 Å². The average molecular weight is 279 g/mol. The Kier molecular flexibility index (Phi) is 5.17. The molecule has 1 saturated carbocycles. The van der Waals surface area contributed by atoms with Crippen molar-refractivity contribution < 1.29 is 9.47 Å². The van der Waals surface area contributed by atoms with Gasteiger partial charge in [0.2, 0.25) is 11.8 Å². The molecule has 3 unspecified atom stereocenters. The molecule has 1 heterocycles. The van der Waals surface area contributed by atoms with Gasteiger partial charge in [0.15, 0.2) is 0 Å². The Morgan fingerprint density at radius 1 is 1.20 bits per heavy atom. The molecule has 5 heteroatoms. The Labute approximate surface area is 121 Å². The van der Waals surface area contributed by atoms with E-state index in [1.54, 1.807) is 14.2 Å². The second-order valence-electron chi connectivity index (χ2n) is 5.46. The monoisotopic (exact) mass is 279 g/mol. The molecule has 0 aromatic carbocycles. The lowest BCUT2D eigenvalue weighted by Gasteiger charge is -2.21. The first-order valence-electron chi connectivity index (χ1n) is 7.36. The summed E-state index contributed by atoms with van der Waals surface area (Å²) in [6.45, 7) is 5.30. The summed E-state index contributed by atoms with van der Waals surface area (Å²) < 4.78 is 10.6. The van der Waals surface area contributed by atoms with Crippen molar-refractivity contribution in [2.45, 2.75) is 45.7 Å². The smallest absolute Gasteiger partial charge is 0.224 e. The maximum atomic E-state index is 5.30. The van der Waals surface area contributed by atoms with Crippen LogP contribution < -0.4 is 14.8 Å². The van der Waals surface area contributed by atoms with Gasteiger partial charge in [-0.25, -0.2) is 9.97 Å². The van der Waals surface area contributed by atoms with E-state index in [-0.39, 0.29) is 0 Å². The highest BCUT2D eigenvalue weighted by atomic mass is 16.5. The van der Waals surface area contributed by atoms with E-state index in [0.717, 1.165) is 11.5 Å². The van der Waals surface area contributed by atoms with Gasteiger partial charge in [-0.1, -0.05) is 20.3 Å². The van der Waals surface area contributed by atoms with E-state index in [1.807, 2.05) is 0 Å². The summed E-state index contributed by atoms with van der Waals surface area (Å²) in [7, 11) is 3.24. The molecule has 1 fully saturated rings. The van der Waals surface area contributed by atoms with Crippen LogP contribution in [0, 0.1) is 11.8 Å². The van der Waals surface area contributed by atoms with E-state index >= 15 is 0 Å². The van der Waals surface area contributed by atoms with E-state index in [1.165, 1.54) is 25.6 Å². The van der Waals surface area contributed by atoms with Crippen molar-refractivity contribution in [1.82, 2.24) is 15.3 Å². The van der Waals surface area contributed by atoms with Crippen LogP contribution in [0.3, 0.4) is 0 Å². The first kappa shape index (κ1) is 15.0. The van der Waals surface area contributed by atoms with Crippen LogP contribution in [0.1, 0.15) is 38.7 Å². The molecular formula is C15H25N3O2. The summed E-state index contributed by atoms with van der Waals surface area (Å²) in [5.41, 5.74) is 0.893. The Morgan fingerprint density at radius 2 is 1.85 bits per heavy atom. The van der Waals surface area contributed by atoms with E-state index < -0.39 is 0 Å². The van der Waals surface area contributed by atoms with E-state index in [4.69, 9.17) is 9.47 Å². The largest absolute Gasteiger partial charge is 0.481 e. The molecule has 0 bridgehead atoms. The van der Waals surface area contributed by atoms with Crippen molar-refractivity contribution in [3.8, 4) is 11.8 Å². The number of hydrogen-bond acceptors (Lipinski definition) is 5. The van der Waals surface area contributed by atoms with Gasteiger partial charge in [-0.2, -0.15) is 0 Å².